The molecule has 5 aliphatic carbocycles. The van der Waals surface area contributed by atoms with E-state index in [1.54, 1.807) is 0 Å². The van der Waals surface area contributed by atoms with Gasteiger partial charge in [-0.3, -0.25) is 0 Å². The highest BCUT2D eigenvalue weighted by molar-refractivity contribution is 5.33. The predicted molar refractivity (Wildman–Crippen MR) is 161 cm³/mol. The van der Waals surface area contributed by atoms with Crippen LogP contribution in [0.25, 0.3) is 0 Å². The summed E-state index contributed by atoms with van der Waals surface area (Å²) in [5.74, 6) is 0.285. The van der Waals surface area contributed by atoms with Crippen LogP contribution in [0.2, 0.25) is 0 Å². The van der Waals surface area contributed by atoms with Gasteiger partial charge in [-0.25, -0.2) is 0 Å². The maximum Gasteiger partial charge on any atom is 0.186 e. The summed E-state index contributed by atoms with van der Waals surface area (Å²) in [7, 11) is 0. The van der Waals surface area contributed by atoms with Crippen molar-refractivity contribution in [3.05, 3.63) is 0 Å². The van der Waals surface area contributed by atoms with E-state index in [1.165, 1.54) is 0 Å². The molecule has 252 valence electrons. The van der Waals surface area contributed by atoms with Crippen LogP contribution in [0.4, 0.5) is 0 Å². The van der Waals surface area contributed by atoms with Crippen LogP contribution in [-0.2, 0) is 14.2 Å². The number of fused-ring (bicyclic) bond motifs is 2. The first-order chi connectivity index (χ1) is 20.3. The van der Waals surface area contributed by atoms with Crippen molar-refractivity contribution in [3.8, 4) is 0 Å². The second-order valence-corrected chi connectivity index (χ2v) is 18.3. The van der Waals surface area contributed by atoms with E-state index in [0.717, 1.165) is 44.9 Å². The zero-order chi connectivity index (χ0) is 32.0. The minimum atomic E-state index is -1.33. The van der Waals surface area contributed by atoms with Crippen molar-refractivity contribution in [2.24, 2.45) is 44.8 Å². The second-order valence-electron chi connectivity index (χ2n) is 18.3. The van der Waals surface area contributed by atoms with Crippen molar-refractivity contribution in [1.82, 2.24) is 0 Å². The third-order valence-electron chi connectivity index (χ3n) is 15.5. The molecule has 0 bridgehead atoms. The summed E-state index contributed by atoms with van der Waals surface area (Å²) in [4.78, 5) is 0. The Bertz CT molecular complexity index is 1160. The summed E-state index contributed by atoms with van der Waals surface area (Å²) >= 11 is 0. The van der Waals surface area contributed by atoms with Crippen LogP contribution in [0.3, 0.4) is 0 Å². The van der Waals surface area contributed by atoms with E-state index in [9.17, 15) is 30.6 Å². The molecule has 5 saturated carbocycles. The van der Waals surface area contributed by atoms with Crippen LogP contribution in [0.1, 0.15) is 106 Å². The Morgan fingerprint density at radius 1 is 0.750 bits per heavy atom. The zero-order valence-corrected chi connectivity index (χ0v) is 27.8. The number of hydrogen-bond acceptors (Lipinski definition) is 9. The Morgan fingerprint density at radius 3 is 2.11 bits per heavy atom. The second kappa shape index (κ2) is 9.63. The van der Waals surface area contributed by atoms with Gasteiger partial charge in [0.05, 0.1) is 42.2 Å². The Labute approximate surface area is 262 Å². The van der Waals surface area contributed by atoms with Crippen molar-refractivity contribution < 1.29 is 44.8 Å². The van der Waals surface area contributed by atoms with Crippen LogP contribution in [0.5, 0.6) is 0 Å². The van der Waals surface area contributed by atoms with E-state index >= 15 is 0 Å². The van der Waals surface area contributed by atoms with Gasteiger partial charge in [-0.05, 0) is 117 Å². The molecule has 7 fully saturated rings. The topological polar surface area (TPSA) is 149 Å². The smallest absolute Gasteiger partial charge is 0.186 e. The van der Waals surface area contributed by atoms with E-state index in [1.807, 2.05) is 13.8 Å². The monoisotopic (exact) mass is 622 g/mol. The fraction of sp³-hybridized carbons (Fsp3) is 1.00. The molecule has 2 saturated heterocycles. The van der Waals surface area contributed by atoms with Crippen molar-refractivity contribution in [2.45, 2.75) is 166 Å². The molecule has 2 aliphatic heterocycles. The largest absolute Gasteiger partial charge is 0.393 e. The molecule has 0 aromatic carbocycles. The van der Waals surface area contributed by atoms with Gasteiger partial charge in [-0.15, -0.1) is 0 Å². The molecule has 0 radical (unpaired) electrons. The number of aliphatic hydroxyl groups excluding tert-OH is 5. The molecular formula is C35H58O9. The highest BCUT2D eigenvalue weighted by Gasteiger charge is 2.85. The van der Waals surface area contributed by atoms with E-state index in [-0.39, 0.29) is 52.3 Å². The summed E-state index contributed by atoms with van der Waals surface area (Å²) in [6, 6.07) is 0. The van der Waals surface area contributed by atoms with E-state index in [2.05, 4.69) is 34.6 Å². The van der Waals surface area contributed by atoms with Gasteiger partial charge in [-0.2, -0.15) is 0 Å². The van der Waals surface area contributed by atoms with Crippen LogP contribution >= 0.6 is 0 Å². The van der Waals surface area contributed by atoms with Gasteiger partial charge < -0.3 is 44.8 Å². The lowest BCUT2D eigenvalue weighted by Gasteiger charge is -2.64. The number of rotatable bonds is 4. The molecule has 6 N–H and O–H groups in total. The third-order valence-corrected chi connectivity index (χ3v) is 15.5. The summed E-state index contributed by atoms with van der Waals surface area (Å²) in [6.45, 7) is 14.8. The molecule has 7 aliphatic rings. The molecule has 9 nitrogen and oxygen atoms in total. The molecule has 0 unspecified atom stereocenters. The minimum Gasteiger partial charge on any atom is -0.393 e. The van der Waals surface area contributed by atoms with Crippen molar-refractivity contribution in [1.29, 1.82) is 0 Å². The minimum absolute atomic E-state index is 0.00753. The van der Waals surface area contributed by atoms with Crippen LogP contribution < -0.4 is 0 Å². The lowest BCUT2D eigenvalue weighted by atomic mass is 9.41. The fourth-order valence-corrected chi connectivity index (χ4v) is 13.4. The van der Waals surface area contributed by atoms with Crippen molar-refractivity contribution >= 4 is 0 Å². The summed E-state index contributed by atoms with van der Waals surface area (Å²) < 4.78 is 18.7. The lowest BCUT2D eigenvalue weighted by molar-refractivity contribution is -0.306. The Hall–Kier alpha value is -0.360. The van der Waals surface area contributed by atoms with Crippen LogP contribution in [0.15, 0.2) is 0 Å². The molecule has 0 aromatic heterocycles. The van der Waals surface area contributed by atoms with Crippen molar-refractivity contribution in [3.63, 3.8) is 0 Å². The summed E-state index contributed by atoms with van der Waals surface area (Å²) in [5.41, 5.74) is -2.01. The highest BCUT2D eigenvalue weighted by Crippen LogP contribution is 2.89. The number of hydrogen-bond donors (Lipinski definition) is 6. The molecular weight excluding hydrogens is 564 g/mol. The molecule has 9 heteroatoms. The van der Waals surface area contributed by atoms with Crippen molar-refractivity contribution in [2.75, 3.05) is 6.61 Å². The quantitative estimate of drug-likeness (QED) is 0.260. The fourth-order valence-electron chi connectivity index (χ4n) is 13.4. The summed E-state index contributed by atoms with van der Waals surface area (Å²) in [6.07, 6.45) is 1.57. The predicted octanol–water partition coefficient (Wildman–Crippen LogP) is 2.90. The van der Waals surface area contributed by atoms with E-state index in [0.29, 0.717) is 18.8 Å². The van der Waals surface area contributed by atoms with Gasteiger partial charge in [0.15, 0.2) is 6.29 Å². The van der Waals surface area contributed by atoms with E-state index in [4.69, 9.17) is 14.2 Å². The zero-order valence-electron chi connectivity index (χ0n) is 27.8. The maximum atomic E-state index is 12.1. The van der Waals surface area contributed by atoms with Gasteiger partial charge >= 0.3 is 0 Å². The molecule has 0 amide bonds. The first kappa shape index (κ1) is 32.2. The summed E-state index contributed by atoms with van der Waals surface area (Å²) in [5, 5.41) is 65.5. The molecule has 44 heavy (non-hydrogen) atoms. The van der Waals surface area contributed by atoms with Crippen LogP contribution in [0, 0.1) is 44.8 Å². The first-order valence-corrected chi connectivity index (χ1v) is 17.4. The average molecular weight is 623 g/mol. The molecule has 2 spiro atoms. The Morgan fingerprint density at radius 2 is 1.45 bits per heavy atom. The number of aliphatic hydroxyl groups is 6. The molecule has 0 aromatic rings. The van der Waals surface area contributed by atoms with E-state index < -0.39 is 53.4 Å². The molecule has 16 atom stereocenters. The van der Waals surface area contributed by atoms with Gasteiger partial charge in [0.2, 0.25) is 0 Å². The highest BCUT2D eigenvalue weighted by atomic mass is 16.7. The molecule has 7 rings (SSSR count). The van der Waals surface area contributed by atoms with Gasteiger partial charge in [0.25, 0.3) is 0 Å². The third kappa shape index (κ3) is 3.97. The Kier molecular flexibility index (Phi) is 7.04. The van der Waals surface area contributed by atoms with Gasteiger partial charge in [-0.1, -0.05) is 27.7 Å². The number of ether oxygens (including phenoxy) is 3. The SMILES string of the molecule is CC(C)(O)[C@@H]1CC[C@](C)([C@@H]2[C@@H](O)C[C@@]3(C)[C@@H]4C[C@@H](O)[C@@H]5C(C)(C)[C@H](O[C@@H]6OC[C@H](O)[C@H](O)[C@H]6O)CC[C@@]56C[C@@]46CC[C@]23C)O1. The maximum absolute atomic E-state index is 12.1. The Balaban J connectivity index is 1.15. The normalized spacial score (nSPS) is 59.8. The van der Waals surface area contributed by atoms with Gasteiger partial charge in [0.1, 0.15) is 18.3 Å². The standard InChI is InChI=1S/C35H58O9/c1-29(2)22(43-28-25(40)24(39)20(38)16-42-28)9-11-35-17-34(35)13-12-31(5)27(33(7)10-8-23(44-33)30(3,4)41)19(37)15-32(31,6)21(34)14-18(36)26(29)35/h18-28,36-41H,8-17H2,1-7H3/t18-,19+,20+,21+,22-,23+,24+,25-,26-,27-,28+,31-,32+,33-,34+,35-/m1/s1. The first-order valence-electron chi connectivity index (χ1n) is 17.4. The van der Waals surface area contributed by atoms with Gasteiger partial charge in [0, 0.05) is 5.92 Å². The molecule has 2 heterocycles. The van der Waals surface area contributed by atoms with Crippen LogP contribution in [-0.4, -0.2) is 97.5 Å². The average Bonchev–Trinajstić information content (AvgIpc) is 3.27. The lowest BCUT2D eigenvalue weighted by Crippen LogP contribution is -2.63.